The SMILES string of the molecule is CCOC(=O)c1c(C)c2c(n1Cc1ccc(C)cc1)CSc1cc(S(=O)(=O)c3ccccc3)c(=O)[nH]c1-2. The average Bonchev–Trinajstić information content (AvgIpc) is 3.17. The van der Waals surface area contributed by atoms with Crippen molar-refractivity contribution in [3.05, 3.63) is 99.1 Å². The van der Waals surface area contributed by atoms with Crippen LogP contribution in [0.1, 0.15) is 39.8 Å². The molecule has 0 amide bonds. The second kappa shape index (κ2) is 9.72. The van der Waals surface area contributed by atoms with E-state index >= 15 is 0 Å². The van der Waals surface area contributed by atoms with Gasteiger partial charge in [-0.15, -0.1) is 11.8 Å². The molecule has 190 valence electrons. The topological polar surface area (TPSA) is 98.2 Å². The van der Waals surface area contributed by atoms with Crippen LogP contribution in [0.4, 0.5) is 0 Å². The van der Waals surface area contributed by atoms with Gasteiger partial charge in [-0.3, -0.25) is 4.79 Å². The summed E-state index contributed by atoms with van der Waals surface area (Å²) in [4.78, 5) is 29.5. The van der Waals surface area contributed by atoms with E-state index in [1.807, 2.05) is 42.7 Å². The van der Waals surface area contributed by atoms with Crippen molar-refractivity contribution >= 4 is 27.6 Å². The maximum absolute atomic E-state index is 13.2. The first kappa shape index (κ1) is 25.1. The number of carbonyl (C=O) groups is 1. The number of carbonyl (C=O) groups excluding carboxylic acids is 1. The maximum atomic E-state index is 13.2. The summed E-state index contributed by atoms with van der Waals surface area (Å²) in [5.41, 5.74) is 4.75. The molecule has 7 nitrogen and oxygen atoms in total. The zero-order valence-corrected chi connectivity index (χ0v) is 22.3. The number of sulfone groups is 1. The van der Waals surface area contributed by atoms with Crippen molar-refractivity contribution in [2.75, 3.05) is 6.61 Å². The molecule has 0 aliphatic carbocycles. The second-order valence-electron chi connectivity index (χ2n) is 8.89. The van der Waals surface area contributed by atoms with Gasteiger partial charge in [0.15, 0.2) is 0 Å². The van der Waals surface area contributed by atoms with Crippen molar-refractivity contribution in [1.82, 2.24) is 9.55 Å². The number of hydrogen-bond donors (Lipinski definition) is 1. The van der Waals surface area contributed by atoms with Crippen molar-refractivity contribution in [3.8, 4) is 11.3 Å². The van der Waals surface area contributed by atoms with Gasteiger partial charge in [-0.1, -0.05) is 48.0 Å². The quantitative estimate of drug-likeness (QED) is 0.345. The summed E-state index contributed by atoms with van der Waals surface area (Å²) < 4.78 is 33.8. The highest BCUT2D eigenvalue weighted by Gasteiger charge is 2.33. The van der Waals surface area contributed by atoms with Gasteiger partial charge >= 0.3 is 5.97 Å². The minimum Gasteiger partial charge on any atom is -0.461 e. The average molecular weight is 535 g/mol. The molecule has 0 unspecified atom stereocenters. The lowest BCUT2D eigenvalue weighted by Crippen LogP contribution is -2.20. The molecule has 0 bridgehead atoms. The number of aromatic amines is 1. The number of ether oxygens (including phenoxy) is 1. The highest BCUT2D eigenvalue weighted by Crippen LogP contribution is 2.45. The summed E-state index contributed by atoms with van der Waals surface area (Å²) in [5.74, 6) is 0.0735. The number of esters is 1. The molecule has 5 rings (SSSR count). The third-order valence-electron chi connectivity index (χ3n) is 6.47. The number of hydrogen-bond acceptors (Lipinski definition) is 6. The van der Waals surface area contributed by atoms with Gasteiger partial charge in [0.05, 0.1) is 17.2 Å². The van der Waals surface area contributed by atoms with E-state index < -0.39 is 21.4 Å². The lowest BCUT2D eigenvalue weighted by atomic mass is 10.1. The number of pyridine rings is 1. The number of fused-ring (bicyclic) bond motifs is 3. The number of H-pyrrole nitrogens is 1. The molecule has 37 heavy (non-hydrogen) atoms. The van der Waals surface area contributed by atoms with Crippen LogP contribution in [0.25, 0.3) is 11.3 Å². The van der Waals surface area contributed by atoms with Crippen LogP contribution in [-0.4, -0.2) is 30.5 Å². The summed E-state index contributed by atoms with van der Waals surface area (Å²) in [6.45, 7) is 6.32. The summed E-state index contributed by atoms with van der Waals surface area (Å²) in [6.07, 6.45) is 0. The molecule has 0 saturated heterocycles. The van der Waals surface area contributed by atoms with Gasteiger partial charge in [0.25, 0.3) is 5.56 Å². The van der Waals surface area contributed by atoms with Crippen molar-refractivity contribution in [2.24, 2.45) is 0 Å². The van der Waals surface area contributed by atoms with Gasteiger partial charge in [-0.25, -0.2) is 13.2 Å². The largest absolute Gasteiger partial charge is 0.461 e. The molecule has 0 radical (unpaired) electrons. The summed E-state index contributed by atoms with van der Waals surface area (Å²) >= 11 is 1.43. The number of aromatic nitrogens is 2. The van der Waals surface area contributed by atoms with Gasteiger partial charge in [-0.05, 0) is 50.1 Å². The fraction of sp³-hybridized carbons (Fsp3) is 0.214. The molecule has 0 saturated carbocycles. The fourth-order valence-corrected chi connectivity index (χ4v) is 7.17. The van der Waals surface area contributed by atoms with Crippen LogP contribution < -0.4 is 5.56 Å². The van der Waals surface area contributed by atoms with Gasteiger partial charge in [-0.2, -0.15) is 0 Å². The summed E-state index contributed by atoms with van der Waals surface area (Å²) in [7, 11) is -4.00. The van der Waals surface area contributed by atoms with E-state index in [1.54, 1.807) is 25.1 Å². The maximum Gasteiger partial charge on any atom is 0.355 e. The van der Waals surface area contributed by atoms with Crippen LogP contribution in [0.2, 0.25) is 0 Å². The van der Waals surface area contributed by atoms with Crippen LogP contribution in [0.15, 0.2) is 80.1 Å². The molecule has 4 aromatic rings. The third-order valence-corrected chi connectivity index (χ3v) is 9.30. The molecule has 1 aliphatic heterocycles. The smallest absolute Gasteiger partial charge is 0.355 e. The summed E-state index contributed by atoms with van der Waals surface area (Å²) in [5, 5.41) is 0. The zero-order chi connectivity index (χ0) is 26.3. The molecule has 0 atom stereocenters. The Kier molecular flexibility index (Phi) is 6.59. The highest BCUT2D eigenvalue weighted by molar-refractivity contribution is 7.98. The Morgan fingerprint density at radius 3 is 2.46 bits per heavy atom. The van der Waals surface area contributed by atoms with E-state index in [-0.39, 0.29) is 16.4 Å². The van der Waals surface area contributed by atoms with Crippen LogP contribution in [0.3, 0.4) is 0 Å². The number of rotatable bonds is 6. The molecule has 0 fully saturated rings. The van der Waals surface area contributed by atoms with Gasteiger partial charge < -0.3 is 14.3 Å². The number of aryl methyl sites for hydroxylation is 1. The normalized spacial score (nSPS) is 12.6. The Bertz CT molecular complexity index is 1670. The number of benzene rings is 2. The molecular formula is C28H26N2O5S2. The van der Waals surface area contributed by atoms with Crippen LogP contribution in [0.5, 0.6) is 0 Å². The first-order valence-electron chi connectivity index (χ1n) is 11.9. The van der Waals surface area contributed by atoms with Gasteiger partial charge in [0.1, 0.15) is 10.6 Å². The molecule has 0 spiro atoms. The molecule has 9 heteroatoms. The van der Waals surface area contributed by atoms with Crippen LogP contribution >= 0.6 is 11.8 Å². The van der Waals surface area contributed by atoms with E-state index in [1.165, 1.54) is 30.0 Å². The Morgan fingerprint density at radius 2 is 1.78 bits per heavy atom. The van der Waals surface area contributed by atoms with E-state index in [4.69, 9.17) is 4.74 Å². The van der Waals surface area contributed by atoms with Gasteiger partial charge in [0, 0.05) is 28.5 Å². The first-order chi connectivity index (χ1) is 17.7. The first-order valence-corrected chi connectivity index (χ1v) is 14.3. The van der Waals surface area contributed by atoms with E-state index in [9.17, 15) is 18.0 Å². The molecule has 2 aromatic carbocycles. The minimum atomic E-state index is -4.00. The predicted octanol–water partition coefficient (Wildman–Crippen LogP) is 5.12. The number of nitrogens with zero attached hydrogens (tertiary/aromatic N) is 1. The third kappa shape index (κ3) is 4.42. The lowest BCUT2D eigenvalue weighted by molar-refractivity contribution is 0.0513. The van der Waals surface area contributed by atoms with Crippen LogP contribution in [0, 0.1) is 13.8 Å². The number of thioether (sulfide) groups is 1. The Hall–Kier alpha value is -3.56. The highest BCUT2D eigenvalue weighted by atomic mass is 32.2. The van der Waals surface area contributed by atoms with Crippen molar-refractivity contribution < 1.29 is 17.9 Å². The van der Waals surface area contributed by atoms with Crippen molar-refractivity contribution in [2.45, 2.75) is 47.8 Å². The Morgan fingerprint density at radius 1 is 1.08 bits per heavy atom. The molecule has 1 aliphatic rings. The second-order valence-corrected chi connectivity index (χ2v) is 11.8. The Labute approximate surface area is 219 Å². The fourth-order valence-electron chi connectivity index (χ4n) is 4.67. The van der Waals surface area contributed by atoms with E-state index in [0.717, 1.165) is 22.4 Å². The van der Waals surface area contributed by atoms with Crippen molar-refractivity contribution in [1.29, 1.82) is 0 Å². The van der Waals surface area contributed by atoms with E-state index in [2.05, 4.69) is 4.98 Å². The van der Waals surface area contributed by atoms with Gasteiger partial charge in [0.2, 0.25) is 9.84 Å². The standard InChI is InChI=1S/C28H26N2O5S2/c1-4-35-28(32)26-18(3)24-21(30(26)15-19-12-10-17(2)11-13-19)16-36-22-14-23(27(31)29-25(22)24)37(33,34)20-8-6-5-7-9-20/h5-14H,4,15-16H2,1-3H3,(H,29,31). The predicted molar refractivity (Wildman–Crippen MR) is 143 cm³/mol. The number of nitrogens with one attached hydrogen (secondary N) is 1. The molecule has 1 N–H and O–H groups in total. The van der Waals surface area contributed by atoms with E-state index in [0.29, 0.717) is 34.1 Å². The van der Waals surface area contributed by atoms with Crippen molar-refractivity contribution in [3.63, 3.8) is 0 Å². The molecule has 3 heterocycles. The molecule has 2 aromatic heterocycles. The minimum absolute atomic E-state index is 0.0620. The Balaban J connectivity index is 1.67. The van der Waals surface area contributed by atoms with Crippen LogP contribution in [-0.2, 0) is 26.9 Å². The summed E-state index contributed by atoms with van der Waals surface area (Å²) in [6, 6.07) is 17.5. The lowest BCUT2D eigenvalue weighted by Gasteiger charge is -2.20. The zero-order valence-electron chi connectivity index (χ0n) is 20.7. The molecular weight excluding hydrogens is 508 g/mol. The monoisotopic (exact) mass is 534 g/mol.